The van der Waals surface area contributed by atoms with E-state index in [4.69, 9.17) is 0 Å². The molecule has 1 saturated heterocycles. The summed E-state index contributed by atoms with van der Waals surface area (Å²) in [7, 11) is 0. The average molecular weight is 256 g/mol. The summed E-state index contributed by atoms with van der Waals surface area (Å²) >= 11 is 0.957. The second-order valence-electron chi connectivity index (χ2n) is 3.15. The molecule has 3 amide bonds. The Bertz CT molecular complexity index is 430. The number of aromatic nitrogens is 2. The van der Waals surface area contributed by atoms with Crippen molar-refractivity contribution in [3.63, 3.8) is 0 Å². The Morgan fingerprint density at radius 2 is 2.41 bits per heavy atom. The summed E-state index contributed by atoms with van der Waals surface area (Å²) in [5, 5.41) is 8.84. The lowest BCUT2D eigenvalue weighted by molar-refractivity contribution is -0.124. The molecule has 9 heteroatoms. The van der Waals surface area contributed by atoms with Crippen LogP contribution in [0, 0.1) is 0 Å². The van der Waals surface area contributed by atoms with Crippen LogP contribution in [0.15, 0.2) is 10.8 Å². The predicted octanol–water partition coefficient (Wildman–Crippen LogP) is -0.505. The van der Waals surface area contributed by atoms with Crippen molar-refractivity contribution in [3.8, 4) is 0 Å². The number of amides is 3. The van der Waals surface area contributed by atoms with Gasteiger partial charge in [-0.05, 0) is 5.16 Å². The summed E-state index contributed by atoms with van der Waals surface area (Å²) in [5.41, 5.74) is 0.0541. The summed E-state index contributed by atoms with van der Waals surface area (Å²) in [5.74, 6) is -0.532. The normalized spacial score (nSPS) is 15.4. The van der Waals surface area contributed by atoms with E-state index >= 15 is 0 Å². The molecule has 0 atom stereocenters. The van der Waals surface area contributed by atoms with Gasteiger partial charge in [-0.2, -0.15) is 0 Å². The SMILES string of the molecule is O=C(NCCN1C(=O)CSC1=O)c1cnon1. The zero-order chi connectivity index (χ0) is 12.3. The minimum absolute atomic E-state index is 0.0541. The first-order valence-corrected chi connectivity index (χ1v) is 5.70. The molecule has 0 bridgehead atoms. The summed E-state index contributed by atoms with van der Waals surface area (Å²) in [4.78, 5) is 34.9. The van der Waals surface area contributed by atoms with Crippen LogP contribution in [0.3, 0.4) is 0 Å². The van der Waals surface area contributed by atoms with Crippen molar-refractivity contribution in [1.82, 2.24) is 20.5 Å². The minimum Gasteiger partial charge on any atom is -0.349 e. The number of nitrogens with one attached hydrogen (secondary N) is 1. The third kappa shape index (κ3) is 2.61. The molecule has 1 aliphatic rings. The van der Waals surface area contributed by atoms with E-state index in [1.54, 1.807) is 0 Å². The summed E-state index contributed by atoms with van der Waals surface area (Å²) in [6.07, 6.45) is 1.18. The van der Waals surface area contributed by atoms with Crippen LogP contribution in [0.1, 0.15) is 10.5 Å². The Hall–Kier alpha value is -1.90. The molecule has 1 aliphatic heterocycles. The molecule has 0 spiro atoms. The number of carbonyl (C=O) groups excluding carboxylic acids is 3. The molecule has 1 N–H and O–H groups in total. The lowest BCUT2D eigenvalue weighted by Gasteiger charge is -2.12. The molecular formula is C8H8N4O4S. The van der Waals surface area contributed by atoms with Gasteiger partial charge in [0.25, 0.3) is 11.1 Å². The Morgan fingerprint density at radius 3 is 3.00 bits per heavy atom. The number of imide groups is 1. The highest BCUT2D eigenvalue weighted by Gasteiger charge is 2.29. The Labute approximate surface area is 99.7 Å². The second kappa shape index (κ2) is 4.95. The van der Waals surface area contributed by atoms with E-state index in [0.717, 1.165) is 16.7 Å². The molecular weight excluding hydrogens is 248 g/mol. The van der Waals surface area contributed by atoms with Gasteiger partial charge in [-0.15, -0.1) is 0 Å². The molecule has 2 rings (SSSR count). The standard InChI is InChI=1S/C8H8N4O4S/c13-6-4-17-8(15)12(6)2-1-9-7(14)5-3-10-16-11-5/h3H,1-2,4H2,(H,9,14). The Kier molecular flexibility index (Phi) is 3.38. The molecule has 17 heavy (non-hydrogen) atoms. The number of hydrogen-bond acceptors (Lipinski definition) is 7. The van der Waals surface area contributed by atoms with Crippen molar-refractivity contribution in [2.24, 2.45) is 0 Å². The molecule has 90 valence electrons. The average Bonchev–Trinajstić information content (AvgIpc) is 2.93. The molecule has 0 aromatic carbocycles. The van der Waals surface area contributed by atoms with Crippen molar-refractivity contribution >= 4 is 28.8 Å². The van der Waals surface area contributed by atoms with Crippen LogP contribution in [-0.2, 0) is 4.79 Å². The maximum atomic E-state index is 11.4. The lowest BCUT2D eigenvalue weighted by atomic mass is 10.4. The molecule has 0 saturated carbocycles. The van der Waals surface area contributed by atoms with Crippen LogP contribution >= 0.6 is 11.8 Å². The Morgan fingerprint density at radius 1 is 1.59 bits per heavy atom. The van der Waals surface area contributed by atoms with E-state index in [2.05, 4.69) is 20.3 Å². The van der Waals surface area contributed by atoms with E-state index in [-0.39, 0.29) is 35.7 Å². The van der Waals surface area contributed by atoms with Crippen molar-refractivity contribution in [3.05, 3.63) is 11.9 Å². The van der Waals surface area contributed by atoms with Gasteiger partial charge >= 0.3 is 0 Å². The quantitative estimate of drug-likeness (QED) is 0.773. The van der Waals surface area contributed by atoms with Crippen molar-refractivity contribution < 1.29 is 19.0 Å². The highest BCUT2D eigenvalue weighted by atomic mass is 32.2. The summed E-state index contributed by atoms with van der Waals surface area (Å²) in [6, 6.07) is 0. The van der Waals surface area contributed by atoms with E-state index in [1.165, 1.54) is 6.20 Å². The van der Waals surface area contributed by atoms with Gasteiger partial charge in [0.15, 0.2) is 5.69 Å². The highest BCUT2D eigenvalue weighted by molar-refractivity contribution is 8.14. The third-order valence-corrected chi connectivity index (χ3v) is 2.91. The zero-order valence-corrected chi connectivity index (χ0v) is 9.40. The van der Waals surface area contributed by atoms with Crippen LogP contribution in [-0.4, -0.2) is 51.1 Å². The smallest absolute Gasteiger partial charge is 0.288 e. The van der Waals surface area contributed by atoms with Gasteiger partial charge in [0.2, 0.25) is 5.91 Å². The van der Waals surface area contributed by atoms with Crippen molar-refractivity contribution in [2.75, 3.05) is 18.8 Å². The van der Waals surface area contributed by atoms with Crippen molar-refractivity contribution in [1.29, 1.82) is 0 Å². The fraction of sp³-hybridized carbons (Fsp3) is 0.375. The first-order chi connectivity index (χ1) is 8.18. The second-order valence-corrected chi connectivity index (χ2v) is 4.08. The topological polar surface area (TPSA) is 105 Å². The molecule has 1 aromatic rings. The fourth-order valence-corrected chi connectivity index (χ4v) is 1.99. The number of thioether (sulfide) groups is 1. The molecule has 1 fully saturated rings. The van der Waals surface area contributed by atoms with E-state index in [9.17, 15) is 14.4 Å². The molecule has 0 unspecified atom stereocenters. The maximum Gasteiger partial charge on any atom is 0.288 e. The molecule has 0 aliphatic carbocycles. The van der Waals surface area contributed by atoms with Gasteiger partial charge in [0, 0.05) is 13.1 Å². The van der Waals surface area contributed by atoms with Crippen LogP contribution in [0.4, 0.5) is 4.79 Å². The number of hydrogen-bond donors (Lipinski definition) is 1. The zero-order valence-electron chi connectivity index (χ0n) is 8.58. The van der Waals surface area contributed by atoms with E-state index in [0.29, 0.717) is 0 Å². The number of rotatable bonds is 4. The molecule has 1 aromatic heterocycles. The fourth-order valence-electron chi connectivity index (χ4n) is 1.23. The van der Waals surface area contributed by atoms with Gasteiger partial charge < -0.3 is 5.32 Å². The largest absolute Gasteiger partial charge is 0.349 e. The van der Waals surface area contributed by atoms with Gasteiger partial charge in [-0.1, -0.05) is 16.9 Å². The monoisotopic (exact) mass is 256 g/mol. The Balaban J connectivity index is 1.78. The van der Waals surface area contributed by atoms with E-state index < -0.39 is 5.91 Å². The third-order valence-electron chi connectivity index (χ3n) is 2.06. The number of carbonyl (C=O) groups is 3. The first kappa shape index (κ1) is 11.6. The summed E-state index contributed by atoms with van der Waals surface area (Å²) < 4.78 is 4.27. The van der Waals surface area contributed by atoms with Gasteiger partial charge in [0.1, 0.15) is 6.20 Å². The summed E-state index contributed by atoms with van der Waals surface area (Å²) in [6.45, 7) is 0.325. The van der Waals surface area contributed by atoms with Crippen molar-refractivity contribution in [2.45, 2.75) is 0 Å². The van der Waals surface area contributed by atoms with Crippen LogP contribution in [0.25, 0.3) is 0 Å². The minimum atomic E-state index is -0.460. The maximum absolute atomic E-state index is 11.4. The molecule has 8 nitrogen and oxygen atoms in total. The van der Waals surface area contributed by atoms with Crippen LogP contribution in [0.2, 0.25) is 0 Å². The number of nitrogens with zero attached hydrogens (tertiary/aromatic N) is 3. The van der Waals surface area contributed by atoms with Crippen LogP contribution in [0.5, 0.6) is 0 Å². The molecule has 2 heterocycles. The lowest BCUT2D eigenvalue weighted by Crippen LogP contribution is -2.37. The van der Waals surface area contributed by atoms with Gasteiger partial charge in [-0.3, -0.25) is 19.3 Å². The van der Waals surface area contributed by atoms with Gasteiger partial charge in [-0.25, -0.2) is 4.63 Å². The van der Waals surface area contributed by atoms with Gasteiger partial charge in [0.05, 0.1) is 5.75 Å². The highest BCUT2D eigenvalue weighted by Crippen LogP contribution is 2.17. The molecule has 0 radical (unpaired) electrons. The van der Waals surface area contributed by atoms with E-state index in [1.807, 2.05) is 0 Å². The first-order valence-electron chi connectivity index (χ1n) is 4.71. The predicted molar refractivity (Wildman–Crippen MR) is 56.2 cm³/mol. The van der Waals surface area contributed by atoms with Crippen LogP contribution < -0.4 is 5.32 Å².